The van der Waals surface area contributed by atoms with Crippen molar-refractivity contribution >= 4 is 17.7 Å². The van der Waals surface area contributed by atoms with Crippen LogP contribution in [0.4, 0.5) is 0 Å². The third-order valence-electron chi connectivity index (χ3n) is 3.22. The topological polar surface area (TPSA) is 87.0 Å². The van der Waals surface area contributed by atoms with Crippen LogP contribution < -0.4 is 5.73 Å². The van der Waals surface area contributed by atoms with Crippen molar-refractivity contribution in [2.45, 2.75) is 6.92 Å². The van der Waals surface area contributed by atoms with E-state index in [9.17, 15) is 14.4 Å². The fraction of sp³-hybridized carbons (Fsp3) is 0.750. The van der Waals surface area contributed by atoms with Crippen molar-refractivity contribution in [1.29, 1.82) is 0 Å². The normalized spacial score (nSPS) is 20.8. The molecule has 7 heteroatoms. The maximum atomic E-state index is 12.1. The zero-order chi connectivity index (χ0) is 14.6. The Morgan fingerprint density at radius 3 is 2.32 bits per heavy atom. The molecule has 3 amide bonds. The first-order chi connectivity index (χ1) is 8.81. The molecule has 0 radical (unpaired) electrons. The molecule has 0 aromatic carbocycles. The van der Waals surface area contributed by atoms with Crippen LogP contribution in [-0.4, -0.2) is 79.2 Å². The van der Waals surface area contributed by atoms with Crippen LogP contribution in [0.1, 0.15) is 6.92 Å². The molecule has 1 aliphatic rings. The molecule has 0 bridgehead atoms. The van der Waals surface area contributed by atoms with Crippen molar-refractivity contribution in [2.24, 2.45) is 11.7 Å². The van der Waals surface area contributed by atoms with Crippen LogP contribution in [0.3, 0.4) is 0 Å². The Kier molecular flexibility index (Phi) is 5.29. The largest absolute Gasteiger partial charge is 0.369 e. The van der Waals surface area contributed by atoms with Crippen LogP contribution in [0, 0.1) is 5.92 Å². The van der Waals surface area contributed by atoms with E-state index in [1.165, 1.54) is 11.8 Å². The van der Waals surface area contributed by atoms with Crippen molar-refractivity contribution in [1.82, 2.24) is 14.7 Å². The zero-order valence-corrected chi connectivity index (χ0v) is 11.8. The van der Waals surface area contributed by atoms with E-state index < -0.39 is 5.91 Å². The lowest BCUT2D eigenvalue weighted by Gasteiger charge is -2.25. The van der Waals surface area contributed by atoms with Gasteiger partial charge in [0, 0.05) is 47.2 Å². The molecule has 0 unspecified atom stereocenters. The average molecular weight is 270 g/mol. The van der Waals surface area contributed by atoms with Crippen LogP contribution in [0.2, 0.25) is 0 Å². The third kappa shape index (κ3) is 4.51. The smallest absolute Gasteiger partial charge is 0.231 e. The Bertz CT molecular complexity index is 370. The quantitative estimate of drug-likeness (QED) is 0.665. The average Bonchev–Trinajstić information content (AvgIpc) is 2.49. The van der Waals surface area contributed by atoms with Crippen molar-refractivity contribution < 1.29 is 14.4 Å². The summed E-state index contributed by atoms with van der Waals surface area (Å²) in [6.07, 6.45) is 0. The number of hydrogen-bond acceptors (Lipinski definition) is 4. The standard InChI is InChI=1S/C12H22N4O3/c1-9(17)16-5-4-15(8-11(13)18)6-10(7-16)12(19)14(2)3/h10H,4-8H2,1-3H3,(H2,13,18)/t10-/m0/s1. The number of carbonyl (C=O) groups is 3. The summed E-state index contributed by atoms with van der Waals surface area (Å²) in [4.78, 5) is 39.6. The maximum Gasteiger partial charge on any atom is 0.231 e. The summed E-state index contributed by atoms with van der Waals surface area (Å²) in [7, 11) is 3.37. The third-order valence-corrected chi connectivity index (χ3v) is 3.22. The van der Waals surface area contributed by atoms with Crippen molar-refractivity contribution in [3.8, 4) is 0 Å². The summed E-state index contributed by atoms with van der Waals surface area (Å²) < 4.78 is 0. The molecule has 0 spiro atoms. The second-order valence-electron chi connectivity index (χ2n) is 5.10. The molecule has 108 valence electrons. The fourth-order valence-electron chi connectivity index (χ4n) is 2.25. The summed E-state index contributed by atoms with van der Waals surface area (Å²) in [5.74, 6) is -0.840. The molecular weight excluding hydrogens is 248 g/mol. The molecule has 1 fully saturated rings. The van der Waals surface area contributed by atoms with Gasteiger partial charge in [-0.05, 0) is 0 Å². The molecule has 7 nitrogen and oxygen atoms in total. The fourth-order valence-corrected chi connectivity index (χ4v) is 2.25. The number of rotatable bonds is 3. The highest BCUT2D eigenvalue weighted by molar-refractivity contribution is 5.80. The van der Waals surface area contributed by atoms with Crippen LogP contribution in [0.15, 0.2) is 0 Å². The van der Waals surface area contributed by atoms with E-state index in [1.807, 2.05) is 4.90 Å². The Hall–Kier alpha value is -1.63. The SMILES string of the molecule is CC(=O)N1CCN(CC(N)=O)C[C@H](C(=O)N(C)C)C1. The van der Waals surface area contributed by atoms with E-state index in [0.29, 0.717) is 26.2 Å². The van der Waals surface area contributed by atoms with Crippen LogP contribution in [0.5, 0.6) is 0 Å². The monoisotopic (exact) mass is 270 g/mol. The van der Waals surface area contributed by atoms with E-state index in [4.69, 9.17) is 5.73 Å². The Morgan fingerprint density at radius 1 is 1.21 bits per heavy atom. The number of nitrogens with zero attached hydrogens (tertiary/aromatic N) is 3. The van der Waals surface area contributed by atoms with Gasteiger partial charge in [-0.1, -0.05) is 0 Å². The molecular formula is C12H22N4O3. The van der Waals surface area contributed by atoms with Gasteiger partial charge in [-0.25, -0.2) is 0 Å². The Morgan fingerprint density at radius 2 is 1.84 bits per heavy atom. The van der Waals surface area contributed by atoms with E-state index in [1.54, 1.807) is 19.0 Å². The van der Waals surface area contributed by atoms with Crippen LogP contribution >= 0.6 is 0 Å². The molecule has 19 heavy (non-hydrogen) atoms. The van der Waals surface area contributed by atoms with Crippen molar-refractivity contribution in [3.05, 3.63) is 0 Å². The van der Waals surface area contributed by atoms with Gasteiger partial charge >= 0.3 is 0 Å². The minimum Gasteiger partial charge on any atom is -0.369 e. The molecule has 2 N–H and O–H groups in total. The molecule has 0 saturated carbocycles. The lowest BCUT2D eigenvalue weighted by atomic mass is 10.1. The summed E-state index contributed by atoms with van der Waals surface area (Å²) in [5.41, 5.74) is 5.19. The Balaban J connectivity index is 2.82. The second-order valence-corrected chi connectivity index (χ2v) is 5.10. The highest BCUT2D eigenvalue weighted by Gasteiger charge is 2.30. The van der Waals surface area contributed by atoms with Gasteiger partial charge in [-0.2, -0.15) is 0 Å². The van der Waals surface area contributed by atoms with Crippen LogP contribution in [-0.2, 0) is 14.4 Å². The van der Waals surface area contributed by atoms with Gasteiger partial charge in [0.05, 0.1) is 12.5 Å². The van der Waals surface area contributed by atoms with Gasteiger partial charge < -0.3 is 15.5 Å². The predicted molar refractivity (Wildman–Crippen MR) is 70.1 cm³/mol. The predicted octanol–water partition coefficient (Wildman–Crippen LogP) is -1.66. The van der Waals surface area contributed by atoms with Gasteiger partial charge in [0.2, 0.25) is 17.7 Å². The van der Waals surface area contributed by atoms with Gasteiger partial charge in [-0.15, -0.1) is 0 Å². The zero-order valence-electron chi connectivity index (χ0n) is 11.8. The molecule has 1 atom stereocenters. The first kappa shape index (κ1) is 15.4. The molecule has 1 saturated heterocycles. The number of hydrogen-bond donors (Lipinski definition) is 1. The summed E-state index contributed by atoms with van der Waals surface area (Å²) >= 11 is 0. The molecule has 1 aliphatic heterocycles. The van der Waals surface area contributed by atoms with E-state index in [-0.39, 0.29) is 24.3 Å². The first-order valence-electron chi connectivity index (χ1n) is 6.28. The second kappa shape index (κ2) is 6.51. The molecule has 1 heterocycles. The highest BCUT2D eigenvalue weighted by atomic mass is 16.2. The summed E-state index contributed by atoms with van der Waals surface area (Å²) in [5, 5.41) is 0. The molecule has 0 aromatic rings. The molecule has 0 aliphatic carbocycles. The number of primary amides is 1. The minimum atomic E-state index is -0.424. The van der Waals surface area contributed by atoms with Crippen molar-refractivity contribution in [2.75, 3.05) is 46.8 Å². The van der Waals surface area contributed by atoms with Gasteiger partial charge in [0.25, 0.3) is 0 Å². The van der Waals surface area contributed by atoms with Gasteiger partial charge in [-0.3, -0.25) is 19.3 Å². The lowest BCUT2D eigenvalue weighted by molar-refractivity contribution is -0.136. The number of carbonyl (C=O) groups excluding carboxylic acids is 3. The highest BCUT2D eigenvalue weighted by Crippen LogP contribution is 2.12. The van der Waals surface area contributed by atoms with Gasteiger partial charge in [0.1, 0.15) is 0 Å². The maximum absolute atomic E-state index is 12.1. The molecule has 1 rings (SSSR count). The lowest BCUT2D eigenvalue weighted by Crippen LogP contribution is -2.42. The number of amides is 3. The summed E-state index contributed by atoms with van der Waals surface area (Å²) in [6.45, 7) is 3.51. The van der Waals surface area contributed by atoms with E-state index >= 15 is 0 Å². The molecule has 0 aromatic heterocycles. The van der Waals surface area contributed by atoms with Crippen molar-refractivity contribution in [3.63, 3.8) is 0 Å². The minimum absolute atomic E-state index is 0.0392. The summed E-state index contributed by atoms with van der Waals surface area (Å²) in [6, 6.07) is 0. The number of nitrogens with two attached hydrogens (primary N) is 1. The Labute approximate surface area is 113 Å². The first-order valence-corrected chi connectivity index (χ1v) is 6.28. The van der Waals surface area contributed by atoms with Gasteiger partial charge in [0.15, 0.2) is 0 Å². The van der Waals surface area contributed by atoms with Crippen LogP contribution in [0.25, 0.3) is 0 Å². The van der Waals surface area contributed by atoms with E-state index in [0.717, 1.165) is 0 Å². The van der Waals surface area contributed by atoms with E-state index in [2.05, 4.69) is 0 Å².